The molecule has 0 spiro atoms. The van der Waals surface area contributed by atoms with Gasteiger partial charge in [0.2, 0.25) is 10.0 Å². The molecule has 2 N–H and O–H groups in total. The van der Waals surface area contributed by atoms with Gasteiger partial charge in [-0.2, -0.15) is 4.72 Å². The van der Waals surface area contributed by atoms with Gasteiger partial charge in [-0.25, -0.2) is 8.42 Å². The number of ether oxygens (including phenoxy) is 2. The summed E-state index contributed by atoms with van der Waals surface area (Å²) in [5.41, 5.74) is 1.65. The predicted molar refractivity (Wildman–Crippen MR) is 134 cm³/mol. The summed E-state index contributed by atoms with van der Waals surface area (Å²) in [5.74, 6) is 5.68. The van der Waals surface area contributed by atoms with Gasteiger partial charge in [0.05, 0.1) is 12.0 Å². The van der Waals surface area contributed by atoms with E-state index >= 15 is 0 Å². The van der Waals surface area contributed by atoms with Crippen molar-refractivity contribution in [3.63, 3.8) is 0 Å². The molecular weight excluding hydrogens is 468 g/mol. The summed E-state index contributed by atoms with van der Waals surface area (Å²) in [4.78, 5) is 12.0. The van der Waals surface area contributed by atoms with Crippen molar-refractivity contribution in [2.24, 2.45) is 5.92 Å². The van der Waals surface area contributed by atoms with Crippen LogP contribution >= 0.6 is 0 Å². The van der Waals surface area contributed by atoms with Crippen molar-refractivity contribution in [2.45, 2.75) is 44.7 Å². The fourth-order valence-corrected chi connectivity index (χ4v) is 4.93. The second-order valence-corrected chi connectivity index (χ2v) is 10.2. The fourth-order valence-electron chi connectivity index (χ4n) is 3.75. The molecule has 3 rings (SSSR count). The van der Waals surface area contributed by atoms with Crippen molar-refractivity contribution in [3.8, 4) is 23.3 Å². The maximum Gasteiger partial charge on any atom is 0.322 e. The molecule has 2 aromatic carbocycles. The highest BCUT2D eigenvalue weighted by atomic mass is 32.2. The predicted octanol–water partition coefficient (Wildman–Crippen LogP) is 3.68. The summed E-state index contributed by atoms with van der Waals surface area (Å²) >= 11 is 0. The minimum atomic E-state index is -4.09. The van der Waals surface area contributed by atoms with Gasteiger partial charge in [0.1, 0.15) is 24.1 Å². The Morgan fingerprint density at radius 2 is 1.83 bits per heavy atom. The summed E-state index contributed by atoms with van der Waals surface area (Å²) < 4.78 is 41.1. The number of nitrogens with one attached hydrogen (secondary N) is 1. The highest BCUT2D eigenvalue weighted by Gasteiger charge is 2.27. The van der Waals surface area contributed by atoms with Crippen LogP contribution in [0.4, 0.5) is 0 Å². The first kappa shape index (κ1) is 26.1. The Kier molecular flexibility index (Phi) is 8.43. The van der Waals surface area contributed by atoms with E-state index in [1.807, 2.05) is 24.4 Å². The van der Waals surface area contributed by atoms with Crippen molar-refractivity contribution in [1.82, 2.24) is 9.29 Å². The number of benzene rings is 2. The van der Waals surface area contributed by atoms with Crippen LogP contribution in [-0.2, 0) is 27.8 Å². The van der Waals surface area contributed by atoms with Gasteiger partial charge in [-0.3, -0.25) is 4.79 Å². The molecule has 0 fully saturated rings. The molecule has 1 heterocycles. The van der Waals surface area contributed by atoms with Gasteiger partial charge >= 0.3 is 5.97 Å². The second kappa shape index (κ2) is 11.3. The Morgan fingerprint density at radius 1 is 1.14 bits per heavy atom. The molecule has 0 aliphatic carbocycles. The van der Waals surface area contributed by atoms with Crippen molar-refractivity contribution in [2.75, 3.05) is 13.7 Å². The number of aliphatic carboxylic acids is 1. The number of nitrogens with zero attached hydrogens (tertiary/aromatic N) is 1. The van der Waals surface area contributed by atoms with Crippen LogP contribution in [0.2, 0.25) is 0 Å². The van der Waals surface area contributed by atoms with Crippen LogP contribution in [0.15, 0.2) is 53.6 Å². The molecule has 1 unspecified atom stereocenters. The van der Waals surface area contributed by atoms with E-state index in [2.05, 4.69) is 35.0 Å². The minimum Gasteiger partial charge on any atom is -0.497 e. The summed E-state index contributed by atoms with van der Waals surface area (Å²) in [6.07, 6.45) is 1.86. The number of hydrogen-bond acceptors (Lipinski definition) is 5. The summed E-state index contributed by atoms with van der Waals surface area (Å²) in [6.45, 7) is 6.82. The number of methoxy groups -OCH3 is 1. The molecule has 0 aliphatic rings. The Morgan fingerprint density at radius 3 is 2.43 bits per heavy atom. The maximum absolute atomic E-state index is 13.0. The molecule has 35 heavy (non-hydrogen) atoms. The van der Waals surface area contributed by atoms with Gasteiger partial charge in [0.25, 0.3) is 0 Å². The van der Waals surface area contributed by atoms with Crippen molar-refractivity contribution in [1.29, 1.82) is 0 Å². The lowest BCUT2D eigenvalue weighted by Gasteiger charge is -2.15. The van der Waals surface area contributed by atoms with Crippen LogP contribution in [0.1, 0.15) is 26.3 Å². The zero-order chi connectivity index (χ0) is 25.6. The van der Waals surface area contributed by atoms with Gasteiger partial charge in [-0.05, 0) is 60.9 Å². The highest BCUT2D eigenvalue weighted by molar-refractivity contribution is 7.89. The number of carbonyl (C=O) groups is 1. The van der Waals surface area contributed by atoms with Crippen LogP contribution in [0.5, 0.6) is 11.5 Å². The Hall–Kier alpha value is -3.48. The summed E-state index contributed by atoms with van der Waals surface area (Å²) in [7, 11) is -2.53. The first-order chi connectivity index (χ1) is 16.6. The van der Waals surface area contributed by atoms with E-state index in [0.29, 0.717) is 17.4 Å². The first-order valence-electron chi connectivity index (χ1n) is 11.2. The number of fused-ring (bicyclic) bond motifs is 1. The molecule has 0 bridgehead atoms. The normalized spacial score (nSPS) is 12.3. The van der Waals surface area contributed by atoms with E-state index < -0.39 is 22.0 Å². The highest BCUT2D eigenvalue weighted by Crippen LogP contribution is 2.28. The molecule has 0 amide bonds. The molecule has 0 radical (unpaired) electrons. The lowest BCUT2D eigenvalue weighted by atomic mass is 10.1. The molecule has 186 valence electrons. The van der Waals surface area contributed by atoms with E-state index in [1.165, 1.54) is 24.3 Å². The first-order valence-corrected chi connectivity index (χ1v) is 12.7. The zero-order valence-corrected chi connectivity index (χ0v) is 21.1. The van der Waals surface area contributed by atoms with Gasteiger partial charge < -0.3 is 19.1 Å². The van der Waals surface area contributed by atoms with E-state index in [-0.39, 0.29) is 17.9 Å². The number of rotatable bonds is 11. The molecule has 8 nitrogen and oxygen atoms in total. The zero-order valence-electron chi connectivity index (χ0n) is 20.2. The average Bonchev–Trinajstić information content (AvgIpc) is 3.14. The summed E-state index contributed by atoms with van der Waals surface area (Å²) in [6, 6.07) is 10.0. The third-order valence-electron chi connectivity index (χ3n) is 5.37. The number of sulfonamides is 1. The Labute approximate surface area is 205 Å². The van der Waals surface area contributed by atoms with Gasteiger partial charge in [-0.1, -0.05) is 19.8 Å². The lowest BCUT2D eigenvalue weighted by molar-refractivity contribution is -0.138. The number of aromatic nitrogens is 1. The average molecular weight is 499 g/mol. The fraction of sp³-hybridized carbons (Fsp3) is 0.346. The van der Waals surface area contributed by atoms with Crippen LogP contribution in [0.25, 0.3) is 10.9 Å². The van der Waals surface area contributed by atoms with E-state index in [4.69, 9.17) is 9.47 Å². The molecule has 3 aromatic rings. The molecule has 0 aliphatic heterocycles. The van der Waals surface area contributed by atoms with Gasteiger partial charge in [0, 0.05) is 30.1 Å². The third-order valence-corrected chi connectivity index (χ3v) is 6.86. The molecule has 0 saturated heterocycles. The van der Waals surface area contributed by atoms with Crippen molar-refractivity contribution >= 4 is 26.9 Å². The van der Waals surface area contributed by atoms with Crippen LogP contribution in [0.3, 0.4) is 0 Å². The molecule has 1 atom stereocenters. The van der Waals surface area contributed by atoms with Crippen LogP contribution < -0.4 is 14.2 Å². The third kappa shape index (κ3) is 6.56. The van der Waals surface area contributed by atoms with Gasteiger partial charge in [0.15, 0.2) is 0 Å². The van der Waals surface area contributed by atoms with Crippen LogP contribution in [0, 0.1) is 17.8 Å². The minimum absolute atomic E-state index is 0.0276. The monoisotopic (exact) mass is 498 g/mol. The topological polar surface area (TPSA) is 107 Å². The molecular formula is C26H30N2O6S. The number of hydrogen-bond donors (Lipinski definition) is 2. The van der Waals surface area contributed by atoms with Crippen molar-refractivity contribution < 1.29 is 27.8 Å². The largest absolute Gasteiger partial charge is 0.497 e. The molecule has 9 heteroatoms. The number of carboxylic acids is 1. The molecule has 0 saturated carbocycles. The second-order valence-electron chi connectivity index (χ2n) is 8.49. The van der Waals surface area contributed by atoms with E-state index in [0.717, 1.165) is 23.0 Å². The Bertz CT molecular complexity index is 1350. The maximum atomic E-state index is 13.0. The van der Waals surface area contributed by atoms with E-state index in [9.17, 15) is 18.3 Å². The molecule has 1 aromatic heterocycles. The smallest absolute Gasteiger partial charge is 0.322 e. The number of carboxylic acid groups (broad SMARTS) is 1. The van der Waals surface area contributed by atoms with E-state index in [1.54, 1.807) is 14.0 Å². The quantitative estimate of drug-likeness (QED) is 0.391. The van der Waals surface area contributed by atoms with Crippen molar-refractivity contribution in [3.05, 3.63) is 54.2 Å². The lowest BCUT2D eigenvalue weighted by Crippen LogP contribution is -2.42. The van der Waals surface area contributed by atoms with Gasteiger partial charge in [-0.15, -0.1) is 5.92 Å². The standard InChI is InChI=1S/C26H30N2O6S/c1-5-6-13-34-20-7-10-22(11-8-20)35(31,32)27-24(26(29)30)14-19-17-28(16-18(2)3)25-12-9-21(33-4)15-23(19)25/h7-12,15,17-18,24,27H,13-14,16H2,1-4H3,(H,29,30). The SMILES string of the molecule is CC#CCOc1ccc(S(=O)(=O)NC(Cc2cn(CC(C)C)c3ccc(OC)cc23)C(=O)O)cc1. The summed E-state index contributed by atoms with van der Waals surface area (Å²) in [5, 5.41) is 10.7. The Balaban J connectivity index is 1.87. The van der Waals surface area contributed by atoms with Crippen LogP contribution in [-0.4, -0.2) is 43.8 Å².